The van der Waals surface area contributed by atoms with Crippen LogP contribution in [0.25, 0.3) is 16.9 Å². The van der Waals surface area contributed by atoms with Crippen LogP contribution in [0.3, 0.4) is 0 Å². The zero-order valence-electron chi connectivity index (χ0n) is 8.71. The van der Waals surface area contributed by atoms with Gasteiger partial charge in [0.15, 0.2) is 5.15 Å². The number of pyridine rings is 2. The lowest BCUT2D eigenvalue weighted by Gasteiger charge is -2.01. The molecule has 0 fully saturated rings. The molecule has 3 aromatic rings. The van der Waals surface area contributed by atoms with Crippen LogP contribution in [0, 0.1) is 0 Å². The molecule has 0 unspecified atom stereocenters. The third-order valence-corrected chi connectivity index (χ3v) is 2.78. The molecule has 0 saturated heterocycles. The maximum Gasteiger partial charge on any atom is 0.159 e. The molecule has 0 bridgehead atoms. The van der Waals surface area contributed by atoms with Crippen LogP contribution in [0.2, 0.25) is 5.15 Å². The number of fused-ring (bicyclic) bond motifs is 1. The van der Waals surface area contributed by atoms with E-state index in [0.717, 1.165) is 5.56 Å². The molecule has 0 aliphatic heterocycles. The van der Waals surface area contributed by atoms with Gasteiger partial charge in [-0.3, -0.25) is 9.38 Å². The molecular formula is C12H8ClN3O. The quantitative estimate of drug-likeness (QED) is 0.717. The van der Waals surface area contributed by atoms with E-state index >= 15 is 0 Å². The van der Waals surface area contributed by atoms with Crippen molar-refractivity contribution in [2.75, 3.05) is 0 Å². The Kier molecular flexibility index (Phi) is 2.23. The van der Waals surface area contributed by atoms with Gasteiger partial charge in [-0.05, 0) is 24.3 Å². The molecule has 4 nitrogen and oxygen atoms in total. The van der Waals surface area contributed by atoms with Gasteiger partial charge in [0, 0.05) is 24.2 Å². The Labute approximate surface area is 102 Å². The summed E-state index contributed by atoms with van der Waals surface area (Å²) in [5.74, 6) is 0.772. The van der Waals surface area contributed by atoms with Crippen molar-refractivity contribution in [2.24, 2.45) is 0 Å². The summed E-state index contributed by atoms with van der Waals surface area (Å²) in [6.45, 7) is 0. The summed E-state index contributed by atoms with van der Waals surface area (Å²) in [6.07, 6.45) is 5.20. The lowest BCUT2D eigenvalue weighted by Crippen LogP contribution is -1.89. The summed E-state index contributed by atoms with van der Waals surface area (Å²) >= 11 is 6.02. The number of aromatic hydroxyl groups is 1. The van der Waals surface area contributed by atoms with Crippen LogP contribution in [0.1, 0.15) is 0 Å². The van der Waals surface area contributed by atoms with E-state index in [0.29, 0.717) is 11.3 Å². The first kappa shape index (κ1) is 10.1. The molecule has 17 heavy (non-hydrogen) atoms. The first-order valence-corrected chi connectivity index (χ1v) is 5.41. The van der Waals surface area contributed by atoms with Gasteiger partial charge >= 0.3 is 0 Å². The van der Waals surface area contributed by atoms with Crippen LogP contribution in [0.15, 0.2) is 42.9 Å². The van der Waals surface area contributed by atoms with E-state index in [9.17, 15) is 5.11 Å². The summed E-state index contributed by atoms with van der Waals surface area (Å²) in [5, 5.41) is 10.0. The fourth-order valence-electron chi connectivity index (χ4n) is 1.78. The number of hydrogen-bond acceptors (Lipinski definition) is 3. The minimum absolute atomic E-state index is 0.111. The van der Waals surface area contributed by atoms with E-state index in [1.165, 1.54) is 0 Å². The Morgan fingerprint density at radius 2 is 2.12 bits per heavy atom. The van der Waals surface area contributed by atoms with Gasteiger partial charge in [0.05, 0.1) is 0 Å². The first-order valence-electron chi connectivity index (χ1n) is 5.03. The van der Waals surface area contributed by atoms with Gasteiger partial charge in [-0.2, -0.15) is 0 Å². The lowest BCUT2D eigenvalue weighted by atomic mass is 10.3. The topological polar surface area (TPSA) is 50.4 Å². The van der Waals surface area contributed by atoms with Crippen molar-refractivity contribution in [1.29, 1.82) is 0 Å². The van der Waals surface area contributed by atoms with E-state index in [2.05, 4.69) is 9.97 Å². The summed E-state index contributed by atoms with van der Waals surface area (Å²) < 4.78 is 1.74. The predicted molar refractivity (Wildman–Crippen MR) is 65.1 cm³/mol. The molecule has 3 rings (SSSR count). The average molecular weight is 246 g/mol. The van der Waals surface area contributed by atoms with Crippen LogP contribution >= 0.6 is 11.6 Å². The van der Waals surface area contributed by atoms with Gasteiger partial charge in [-0.25, -0.2) is 4.98 Å². The van der Waals surface area contributed by atoms with Crippen molar-refractivity contribution >= 4 is 17.1 Å². The normalized spacial score (nSPS) is 10.9. The average Bonchev–Trinajstić information content (AvgIpc) is 2.69. The zero-order chi connectivity index (χ0) is 11.8. The van der Waals surface area contributed by atoms with Crippen LogP contribution in [-0.4, -0.2) is 19.5 Å². The molecule has 0 aliphatic rings. The van der Waals surface area contributed by atoms with Gasteiger partial charge < -0.3 is 5.11 Å². The minimum atomic E-state index is 0.111. The number of nitrogens with zero attached hydrogens (tertiary/aromatic N) is 3. The minimum Gasteiger partial charge on any atom is -0.506 e. The smallest absolute Gasteiger partial charge is 0.159 e. The fourth-order valence-corrected chi connectivity index (χ4v) is 2.05. The Bertz CT molecular complexity index is 679. The molecule has 0 spiro atoms. The first-order chi connectivity index (χ1) is 8.27. The van der Waals surface area contributed by atoms with Crippen molar-refractivity contribution in [3.8, 4) is 17.1 Å². The molecule has 3 heterocycles. The lowest BCUT2D eigenvalue weighted by molar-refractivity contribution is 0.479. The number of rotatable bonds is 1. The monoisotopic (exact) mass is 245 g/mol. The third kappa shape index (κ3) is 1.54. The molecular weight excluding hydrogens is 238 g/mol. The number of hydrogen-bond donors (Lipinski definition) is 1. The van der Waals surface area contributed by atoms with E-state index in [1.807, 2.05) is 12.1 Å². The third-order valence-electron chi connectivity index (χ3n) is 2.52. The second kappa shape index (κ2) is 3.75. The summed E-state index contributed by atoms with van der Waals surface area (Å²) in [4.78, 5) is 8.29. The molecule has 0 atom stereocenters. The van der Waals surface area contributed by atoms with Crippen LogP contribution < -0.4 is 0 Å². The summed E-state index contributed by atoms with van der Waals surface area (Å²) in [5.41, 5.74) is 1.35. The Hall–Kier alpha value is -2.07. The standard InChI is InChI=1S/C12H8ClN3O/c13-11-10-9(17)4-2-6-16(10)12(15-11)8-3-1-5-14-7-8/h1-7,17H. The Morgan fingerprint density at radius 1 is 1.24 bits per heavy atom. The molecule has 0 saturated carbocycles. The number of imidazole rings is 1. The summed E-state index contributed by atoms with van der Waals surface area (Å²) in [7, 11) is 0. The van der Waals surface area contributed by atoms with E-state index in [-0.39, 0.29) is 10.9 Å². The molecule has 3 aromatic heterocycles. The van der Waals surface area contributed by atoms with Crippen molar-refractivity contribution in [2.45, 2.75) is 0 Å². The van der Waals surface area contributed by atoms with E-state index in [4.69, 9.17) is 11.6 Å². The number of halogens is 1. The predicted octanol–water partition coefficient (Wildman–Crippen LogP) is 2.76. The van der Waals surface area contributed by atoms with Gasteiger partial charge in [-0.15, -0.1) is 0 Å². The fraction of sp³-hybridized carbons (Fsp3) is 0. The summed E-state index contributed by atoms with van der Waals surface area (Å²) in [6, 6.07) is 7.03. The molecule has 0 amide bonds. The van der Waals surface area contributed by atoms with Crippen molar-refractivity contribution in [1.82, 2.24) is 14.4 Å². The highest BCUT2D eigenvalue weighted by atomic mass is 35.5. The van der Waals surface area contributed by atoms with Crippen molar-refractivity contribution < 1.29 is 5.11 Å². The maximum atomic E-state index is 9.75. The Balaban J connectivity index is 2.36. The molecule has 0 radical (unpaired) electrons. The molecule has 84 valence electrons. The number of aromatic nitrogens is 3. The van der Waals surface area contributed by atoms with Gasteiger partial charge in [0.25, 0.3) is 0 Å². The van der Waals surface area contributed by atoms with Crippen molar-refractivity contribution in [3.63, 3.8) is 0 Å². The molecule has 1 N–H and O–H groups in total. The molecule has 0 aliphatic carbocycles. The van der Waals surface area contributed by atoms with E-state index < -0.39 is 0 Å². The highest BCUT2D eigenvalue weighted by molar-refractivity contribution is 6.33. The maximum absolute atomic E-state index is 9.75. The van der Waals surface area contributed by atoms with Gasteiger partial charge in [0.2, 0.25) is 0 Å². The van der Waals surface area contributed by atoms with Crippen molar-refractivity contribution in [3.05, 3.63) is 48.0 Å². The molecule has 0 aromatic carbocycles. The van der Waals surface area contributed by atoms with Crippen LogP contribution in [0.5, 0.6) is 5.75 Å². The highest BCUT2D eigenvalue weighted by Crippen LogP contribution is 2.30. The largest absolute Gasteiger partial charge is 0.506 e. The van der Waals surface area contributed by atoms with Gasteiger partial charge in [0.1, 0.15) is 17.1 Å². The van der Waals surface area contributed by atoms with Crippen LogP contribution in [-0.2, 0) is 0 Å². The van der Waals surface area contributed by atoms with E-state index in [1.54, 1.807) is 35.1 Å². The second-order valence-electron chi connectivity index (χ2n) is 3.58. The van der Waals surface area contributed by atoms with Crippen LogP contribution in [0.4, 0.5) is 0 Å². The Morgan fingerprint density at radius 3 is 2.88 bits per heavy atom. The SMILES string of the molecule is Oc1cccn2c(-c3cccnc3)nc(Cl)c12. The second-order valence-corrected chi connectivity index (χ2v) is 3.94. The zero-order valence-corrected chi connectivity index (χ0v) is 9.46. The molecule has 5 heteroatoms. The highest BCUT2D eigenvalue weighted by Gasteiger charge is 2.13. The van der Waals surface area contributed by atoms with Gasteiger partial charge in [-0.1, -0.05) is 11.6 Å².